The van der Waals surface area contributed by atoms with Crippen LogP contribution in [-0.2, 0) is 11.2 Å². The maximum Gasteiger partial charge on any atom is 0.244 e. The first-order valence-electron chi connectivity index (χ1n) is 7.21. The van der Waals surface area contributed by atoms with Crippen LogP contribution >= 0.6 is 23.2 Å². The quantitative estimate of drug-likeness (QED) is 0.631. The van der Waals surface area contributed by atoms with Crippen LogP contribution in [-0.4, -0.2) is 11.6 Å². The Bertz CT molecular complexity index is 770. The molecule has 0 aliphatic heterocycles. The Balaban J connectivity index is 2.03. The molecule has 5 heteroatoms. The molecule has 0 aromatic heterocycles. The second kappa shape index (κ2) is 7.62. The molecule has 23 heavy (non-hydrogen) atoms. The lowest BCUT2D eigenvalue weighted by molar-refractivity contribution is -0.120. The lowest BCUT2D eigenvalue weighted by Gasteiger charge is -2.07. The summed E-state index contributed by atoms with van der Waals surface area (Å²) >= 11 is 11.9. The van der Waals surface area contributed by atoms with Crippen LogP contribution in [0.4, 0.5) is 0 Å². The highest BCUT2D eigenvalue weighted by atomic mass is 35.5. The van der Waals surface area contributed by atoms with E-state index in [-0.39, 0.29) is 5.91 Å². The maximum atomic E-state index is 12.0. The van der Waals surface area contributed by atoms with E-state index < -0.39 is 0 Å². The third-order valence-corrected chi connectivity index (χ3v) is 4.27. The van der Waals surface area contributed by atoms with E-state index >= 15 is 0 Å². The third-order valence-electron chi connectivity index (χ3n) is 3.53. The molecule has 2 aromatic carbocycles. The third kappa shape index (κ3) is 4.81. The molecule has 0 fully saturated rings. The molecule has 0 aliphatic rings. The van der Waals surface area contributed by atoms with Crippen molar-refractivity contribution in [3.63, 3.8) is 0 Å². The van der Waals surface area contributed by atoms with Crippen LogP contribution in [0.5, 0.6) is 0 Å². The average Bonchev–Trinajstić information content (AvgIpc) is 2.50. The number of hydrogen-bond donors (Lipinski definition) is 1. The zero-order valence-corrected chi connectivity index (χ0v) is 14.8. The van der Waals surface area contributed by atoms with Gasteiger partial charge in [-0.1, -0.05) is 53.0 Å². The van der Waals surface area contributed by atoms with Crippen LogP contribution in [0.2, 0.25) is 10.0 Å². The molecular weight excluding hydrogens is 331 g/mol. The van der Waals surface area contributed by atoms with Gasteiger partial charge < -0.3 is 0 Å². The normalized spacial score (nSPS) is 11.4. The van der Waals surface area contributed by atoms with Crippen molar-refractivity contribution in [2.45, 2.75) is 27.2 Å². The first-order valence-corrected chi connectivity index (χ1v) is 7.97. The summed E-state index contributed by atoms with van der Waals surface area (Å²) in [6, 6.07) is 11.3. The summed E-state index contributed by atoms with van der Waals surface area (Å²) in [6.45, 7) is 5.83. The van der Waals surface area contributed by atoms with Gasteiger partial charge in [-0.25, -0.2) is 5.43 Å². The minimum absolute atomic E-state index is 0.156. The standard InChI is InChI=1S/C18H18Cl2N2O/c1-11-4-5-14(12(2)8-11)10-18(23)22-21-13(3)15-6-7-16(19)17(20)9-15/h4-9H,10H2,1-3H3,(H,22,23)/b21-13-. The zero-order chi connectivity index (χ0) is 17.0. The van der Waals surface area contributed by atoms with Gasteiger partial charge in [-0.3, -0.25) is 4.79 Å². The molecule has 0 bridgehead atoms. The summed E-state index contributed by atoms with van der Waals surface area (Å²) in [7, 11) is 0. The molecule has 120 valence electrons. The minimum atomic E-state index is -0.156. The Morgan fingerprint density at radius 2 is 1.83 bits per heavy atom. The molecule has 0 radical (unpaired) electrons. The van der Waals surface area contributed by atoms with E-state index in [9.17, 15) is 4.79 Å². The van der Waals surface area contributed by atoms with Crippen molar-refractivity contribution >= 4 is 34.8 Å². The van der Waals surface area contributed by atoms with Crippen LogP contribution in [0.25, 0.3) is 0 Å². The first kappa shape index (κ1) is 17.5. The van der Waals surface area contributed by atoms with Gasteiger partial charge in [0, 0.05) is 0 Å². The van der Waals surface area contributed by atoms with E-state index in [4.69, 9.17) is 23.2 Å². The van der Waals surface area contributed by atoms with Crippen LogP contribution in [0.3, 0.4) is 0 Å². The molecule has 1 N–H and O–H groups in total. The number of carbonyl (C=O) groups excluding carboxylic acids is 1. The van der Waals surface area contributed by atoms with E-state index in [0.29, 0.717) is 22.2 Å². The van der Waals surface area contributed by atoms with E-state index in [0.717, 1.165) is 16.7 Å². The number of nitrogens with one attached hydrogen (secondary N) is 1. The summed E-state index contributed by atoms with van der Waals surface area (Å²) in [4.78, 5) is 12.0. The molecule has 0 heterocycles. The first-order chi connectivity index (χ1) is 10.9. The average molecular weight is 349 g/mol. The molecule has 3 nitrogen and oxygen atoms in total. The van der Waals surface area contributed by atoms with Gasteiger partial charge >= 0.3 is 0 Å². The Morgan fingerprint density at radius 3 is 2.48 bits per heavy atom. The van der Waals surface area contributed by atoms with Crippen molar-refractivity contribution in [3.05, 3.63) is 68.7 Å². The van der Waals surface area contributed by atoms with Gasteiger partial charge in [0.15, 0.2) is 0 Å². The molecule has 2 aromatic rings. The number of hydrazone groups is 1. The highest BCUT2D eigenvalue weighted by Crippen LogP contribution is 2.22. The van der Waals surface area contributed by atoms with Gasteiger partial charge in [-0.15, -0.1) is 0 Å². The SMILES string of the molecule is C/C(=N/NC(=O)Cc1ccc(C)cc1C)c1ccc(Cl)c(Cl)c1. The summed E-state index contributed by atoms with van der Waals surface area (Å²) < 4.78 is 0. The van der Waals surface area contributed by atoms with E-state index in [2.05, 4.69) is 16.6 Å². The molecule has 0 unspecified atom stereocenters. The molecule has 0 saturated heterocycles. The van der Waals surface area contributed by atoms with Gasteiger partial charge in [-0.05, 0) is 49.6 Å². The predicted molar refractivity (Wildman–Crippen MR) is 96.4 cm³/mol. The molecular formula is C18H18Cl2N2O. The fourth-order valence-corrected chi connectivity index (χ4v) is 2.49. The zero-order valence-electron chi connectivity index (χ0n) is 13.3. The van der Waals surface area contributed by atoms with Gasteiger partial charge in [-0.2, -0.15) is 5.10 Å². The molecule has 0 saturated carbocycles. The van der Waals surface area contributed by atoms with Crippen molar-refractivity contribution in [3.8, 4) is 0 Å². The smallest absolute Gasteiger partial charge is 0.244 e. The Morgan fingerprint density at radius 1 is 1.09 bits per heavy atom. The van der Waals surface area contributed by atoms with Crippen molar-refractivity contribution in [2.75, 3.05) is 0 Å². The Hall–Kier alpha value is -1.84. The number of hydrogen-bond acceptors (Lipinski definition) is 2. The van der Waals surface area contributed by atoms with Crippen molar-refractivity contribution in [2.24, 2.45) is 5.10 Å². The van der Waals surface area contributed by atoms with Crippen molar-refractivity contribution in [1.82, 2.24) is 5.43 Å². The second-order valence-corrected chi connectivity index (χ2v) is 6.28. The number of rotatable bonds is 4. The Kier molecular flexibility index (Phi) is 5.80. The fraction of sp³-hybridized carbons (Fsp3) is 0.222. The van der Waals surface area contributed by atoms with Gasteiger partial charge in [0.2, 0.25) is 5.91 Å². The predicted octanol–water partition coefficient (Wildman–Crippen LogP) is 4.69. The van der Waals surface area contributed by atoms with Crippen LogP contribution in [0.15, 0.2) is 41.5 Å². The summed E-state index contributed by atoms with van der Waals surface area (Å²) in [5, 5.41) is 5.07. The number of aryl methyl sites for hydroxylation is 2. The number of halogens is 2. The van der Waals surface area contributed by atoms with Gasteiger partial charge in [0.05, 0.1) is 22.2 Å². The van der Waals surface area contributed by atoms with Crippen LogP contribution in [0.1, 0.15) is 29.2 Å². The summed E-state index contributed by atoms with van der Waals surface area (Å²) in [5.74, 6) is -0.156. The minimum Gasteiger partial charge on any atom is -0.273 e. The summed E-state index contributed by atoms with van der Waals surface area (Å²) in [5.41, 5.74) is 7.33. The molecule has 0 spiro atoms. The fourth-order valence-electron chi connectivity index (χ4n) is 2.19. The van der Waals surface area contributed by atoms with Crippen molar-refractivity contribution in [1.29, 1.82) is 0 Å². The van der Waals surface area contributed by atoms with E-state index in [1.807, 2.05) is 32.0 Å². The highest BCUT2D eigenvalue weighted by molar-refractivity contribution is 6.42. The van der Waals surface area contributed by atoms with Gasteiger partial charge in [0.1, 0.15) is 0 Å². The molecule has 2 rings (SSSR count). The van der Waals surface area contributed by atoms with Gasteiger partial charge in [0.25, 0.3) is 0 Å². The Labute approximate surface area is 146 Å². The maximum absolute atomic E-state index is 12.0. The largest absolute Gasteiger partial charge is 0.273 e. The van der Waals surface area contributed by atoms with Crippen LogP contribution < -0.4 is 5.43 Å². The topological polar surface area (TPSA) is 41.5 Å². The second-order valence-electron chi connectivity index (χ2n) is 5.47. The number of carbonyl (C=O) groups is 1. The molecule has 0 atom stereocenters. The lowest BCUT2D eigenvalue weighted by Crippen LogP contribution is -2.21. The molecule has 1 amide bonds. The number of nitrogens with zero attached hydrogens (tertiary/aromatic N) is 1. The molecule has 0 aliphatic carbocycles. The van der Waals surface area contributed by atoms with Crippen molar-refractivity contribution < 1.29 is 4.79 Å². The highest BCUT2D eigenvalue weighted by Gasteiger charge is 2.07. The van der Waals surface area contributed by atoms with E-state index in [1.54, 1.807) is 19.1 Å². The van der Waals surface area contributed by atoms with E-state index in [1.165, 1.54) is 5.56 Å². The lowest BCUT2D eigenvalue weighted by atomic mass is 10.0. The number of amides is 1. The number of benzene rings is 2. The monoisotopic (exact) mass is 348 g/mol. The summed E-state index contributed by atoms with van der Waals surface area (Å²) in [6.07, 6.45) is 0.296. The van der Waals surface area contributed by atoms with Crippen LogP contribution in [0, 0.1) is 13.8 Å².